The van der Waals surface area contributed by atoms with Gasteiger partial charge in [-0.25, -0.2) is 0 Å². The highest BCUT2D eigenvalue weighted by atomic mass is 16.5. The lowest BCUT2D eigenvalue weighted by Gasteiger charge is -2.21. The predicted molar refractivity (Wildman–Crippen MR) is 87.1 cm³/mol. The molecule has 0 saturated heterocycles. The van der Waals surface area contributed by atoms with E-state index in [2.05, 4.69) is 45.0 Å². The highest BCUT2D eigenvalue weighted by Gasteiger charge is 2.17. The second-order valence-corrected chi connectivity index (χ2v) is 6.83. The summed E-state index contributed by atoms with van der Waals surface area (Å²) < 4.78 is 4.97. The van der Waals surface area contributed by atoms with Crippen LogP contribution >= 0.6 is 0 Å². The van der Waals surface area contributed by atoms with Crippen molar-refractivity contribution in [1.82, 2.24) is 0 Å². The number of carbonyl (C=O) groups excluding carboxylic acids is 1. The number of hydrogen-bond acceptors (Lipinski definition) is 3. The van der Waals surface area contributed by atoms with E-state index in [1.54, 1.807) is 0 Å². The lowest BCUT2D eigenvalue weighted by Crippen LogP contribution is -2.18. The van der Waals surface area contributed by atoms with E-state index in [4.69, 9.17) is 10.5 Å². The molecule has 0 aliphatic carbocycles. The summed E-state index contributed by atoms with van der Waals surface area (Å²) in [5, 5.41) is 0. The van der Waals surface area contributed by atoms with Gasteiger partial charge in [-0.15, -0.1) is 0 Å². The molecule has 0 fully saturated rings. The molecule has 2 unspecified atom stereocenters. The molecule has 21 heavy (non-hydrogen) atoms. The molecule has 2 atom stereocenters. The molecule has 2 N–H and O–H groups in total. The fraction of sp³-hybridized carbons (Fsp3) is 0.611. The Bertz CT molecular complexity index is 445. The number of hydrogen-bond donors (Lipinski definition) is 1. The second kappa shape index (κ2) is 7.60. The van der Waals surface area contributed by atoms with E-state index in [1.165, 1.54) is 5.56 Å². The first-order valence-corrected chi connectivity index (χ1v) is 7.75. The molecule has 0 aliphatic heterocycles. The van der Waals surface area contributed by atoms with Gasteiger partial charge in [-0.1, -0.05) is 52.0 Å². The standard InChI is InChI=1S/C18H29NO2/c1-6-21-17(20)12-13(2)11-16(19)14-7-9-15(10-8-14)18(3,4)5/h7-10,13,16H,6,11-12,19H2,1-5H3. The van der Waals surface area contributed by atoms with Crippen LogP contribution in [-0.4, -0.2) is 12.6 Å². The number of benzene rings is 1. The zero-order valence-electron chi connectivity index (χ0n) is 14.0. The third-order valence-electron chi connectivity index (χ3n) is 3.68. The van der Waals surface area contributed by atoms with Crippen LogP contribution in [0.5, 0.6) is 0 Å². The predicted octanol–water partition coefficient (Wildman–Crippen LogP) is 3.96. The zero-order chi connectivity index (χ0) is 16.0. The summed E-state index contributed by atoms with van der Waals surface area (Å²) >= 11 is 0. The minimum absolute atomic E-state index is 0.0385. The summed E-state index contributed by atoms with van der Waals surface area (Å²) in [5.41, 5.74) is 8.83. The van der Waals surface area contributed by atoms with Crippen molar-refractivity contribution in [1.29, 1.82) is 0 Å². The molecular weight excluding hydrogens is 262 g/mol. The molecule has 0 aliphatic rings. The van der Waals surface area contributed by atoms with Crippen molar-refractivity contribution in [2.75, 3.05) is 6.61 Å². The monoisotopic (exact) mass is 291 g/mol. The van der Waals surface area contributed by atoms with Crippen LogP contribution in [0.3, 0.4) is 0 Å². The Morgan fingerprint density at radius 2 is 1.81 bits per heavy atom. The quantitative estimate of drug-likeness (QED) is 0.807. The summed E-state index contributed by atoms with van der Waals surface area (Å²) in [6.07, 6.45) is 1.22. The first-order valence-electron chi connectivity index (χ1n) is 7.75. The summed E-state index contributed by atoms with van der Waals surface area (Å²) in [4.78, 5) is 11.5. The van der Waals surface area contributed by atoms with E-state index in [1.807, 2.05) is 13.8 Å². The Labute approximate surface area is 128 Å². The average molecular weight is 291 g/mol. The topological polar surface area (TPSA) is 52.3 Å². The fourth-order valence-electron chi connectivity index (χ4n) is 2.39. The first-order chi connectivity index (χ1) is 9.74. The maximum Gasteiger partial charge on any atom is 0.306 e. The van der Waals surface area contributed by atoms with Crippen LogP contribution in [0.2, 0.25) is 0 Å². The molecule has 0 radical (unpaired) electrons. The van der Waals surface area contributed by atoms with Gasteiger partial charge >= 0.3 is 5.97 Å². The van der Waals surface area contributed by atoms with Gasteiger partial charge in [0, 0.05) is 12.5 Å². The van der Waals surface area contributed by atoms with Gasteiger partial charge in [0.15, 0.2) is 0 Å². The van der Waals surface area contributed by atoms with Crippen LogP contribution in [0.15, 0.2) is 24.3 Å². The maximum absolute atomic E-state index is 11.5. The van der Waals surface area contributed by atoms with Gasteiger partial charge in [-0.2, -0.15) is 0 Å². The Morgan fingerprint density at radius 1 is 1.24 bits per heavy atom. The lowest BCUT2D eigenvalue weighted by molar-refractivity contribution is -0.144. The smallest absolute Gasteiger partial charge is 0.306 e. The van der Waals surface area contributed by atoms with Crippen LogP contribution in [0.25, 0.3) is 0 Å². The van der Waals surface area contributed by atoms with E-state index in [-0.39, 0.29) is 23.3 Å². The largest absolute Gasteiger partial charge is 0.466 e. The molecule has 0 spiro atoms. The molecule has 1 aromatic carbocycles. The van der Waals surface area contributed by atoms with Gasteiger partial charge in [-0.3, -0.25) is 4.79 Å². The van der Waals surface area contributed by atoms with E-state index < -0.39 is 0 Å². The van der Waals surface area contributed by atoms with Crippen molar-refractivity contribution in [2.45, 2.75) is 58.9 Å². The molecule has 3 heteroatoms. The van der Waals surface area contributed by atoms with Crippen LogP contribution in [0.4, 0.5) is 0 Å². The molecule has 0 aromatic heterocycles. The van der Waals surface area contributed by atoms with Crippen molar-refractivity contribution < 1.29 is 9.53 Å². The summed E-state index contributed by atoms with van der Waals surface area (Å²) in [5.74, 6) is 0.0848. The fourth-order valence-corrected chi connectivity index (χ4v) is 2.39. The maximum atomic E-state index is 11.5. The third kappa shape index (κ3) is 5.88. The molecule has 3 nitrogen and oxygen atoms in total. The Balaban J connectivity index is 2.59. The van der Waals surface area contributed by atoms with E-state index in [9.17, 15) is 4.79 Å². The minimum atomic E-state index is -0.139. The van der Waals surface area contributed by atoms with Crippen LogP contribution < -0.4 is 5.73 Å². The molecule has 1 rings (SSSR count). The number of esters is 1. The molecule has 118 valence electrons. The normalized spacial score (nSPS) is 14.6. The van der Waals surface area contributed by atoms with Gasteiger partial charge < -0.3 is 10.5 Å². The number of rotatable bonds is 6. The van der Waals surface area contributed by atoms with Crippen LogP contribution in [0, 0.1) is 5.92 Å². The molecule has 0 bridgehead atoms. The average Bonchev–Trinajstić information content (AvgIpc) is 2.37. The number of nitrogens with two attached hydrogens (primary N) is 1. The number of carbonyl (C=O) groups is 1. The molecular formula is C18H29NO2. The van der Waals surface area contributed by atoms with Gasteiger partial charge in [0.25, 0.3) is 0 Å². The minimum Gasteiger partial charge on any atom is -0.466 e. The number of ether oxygens (including phenoxy) is 1. The summed E-state index contributed by atoms with van der Waals surface area (Å²) in [6.45, 7) is 10.9. The first kappa shape index (κ1) is 17.7. The third-order valence-corrected chi connectivity index (χ3v) is 3.68. The molecule has 0 saturated carbocycles. The van der Waals surface area contributed by atoms with Gasteiger partial charge in [0.1, 0.15) is 0 Å². The molecule has 1 aromatic rings. The van der Waals surface area contributed by atoms with Crippen molar-refractivity contribution in [3.63, 3.8) is 0 Å². The second-order valence-electron chi connectivity index (χ2n) is 6.83. The van der Waals surface area contributed by atoms with Crippen LogP contribution in [0.1, 0.15) is 64.6 Å². The Hall–Kier alpha value is -1.35. The lowest BCUT2D eigenvalue weighted by atomic mass is 9.85. The van der Waals surface area contributed by atoms with Gasteiger partial charge in [0.05, 0.1) is 6.61 Å². The van der Waals surface area contributed by atoms with Crippen molar-refractivity contribution in [3.8, 4) is 0 Å². The van der Waals surface area contributed by atoms with E-state index in [0.717, 1.165) is 12.0 Å². The Morgan fingerprint density at radius 3 is 2.29 bits per heavy atom. The Kier molecular flexibility index (Phi) is 6.41. The van der Waals surface area contributed by atoms with Crippen molar-refractivity contribution in [3.05, 3.63) is 35.4 Å². The highest BCUT2D eigenvalue weighted by Crippen LogP contribution is 2.26. The van der Waals surface area contributed by atoms with Crippen molar-refractivity contribution in [2.24, 2.45) is 11.7 Å². The van der Waals surface area contributed by atoms with Gasteiger partial charge in [-0.05, 0) is 35.8 Å². The summed E-state index contributed by atoms with van der Waals surface area (Å²) in [7, 11) is 0. The van der Waals surface area contributed by atoms with Crippen LogP contribution in [-0.2, 0) is 14.9 Å². The summed E-state index contributed by atoms with van der Waals surface area (Å²) in [6, 6.07) is 8.45. The van der Waals surface area contributed by atoms with E-state index >= 15 is 0 Å². The molecule has 0 heterocycles. The van der Waals surface area contributed by atoms with Gasteiger partial charge in [0.2, 0.25) is 0 Å². The SMILES string of the molecule is CCOC(=O)CC(C)CC(N)c1ccc(C(C)(C)C)cc1. The molecule has 0 amide bonds. The zero-order valence-corrected chi connectivity index (χ0v) is 14.0. The highest BCUT2D eigenvalue weighted by molar-refractivity contribution is 5.69. The van der Waals surface area contributed by atoms with Crippen molar-refractivity contribution >= 4 is 5.97 Å². The van der Waals surface area contributed by atoms with E-state index in [0.29, 0.717) is 13.0 Å².